The molecule has 0 radical (unpaired) electrons. The normalized spacial score (nSPS) is 12.2. The summed E-state index contributed by atoms with van der Waals surface area (Å²) < 4.78 is 7.12. The van der Waals surface area contributed by atoms with Gasteiger partial charge in [0.2, 0.25) is 5.91 Å². The summed E-state index contributed by atoms with van der Waals surface area (Å²) in [6.07, 6.45) is 0.763. The van der Waals surface area contributed by atoms with Crippen LogP contribution in [0, 0.1) is 0 Å². The smallest absolute Gasteiger partial charge is 0.321 e. The van der Waals surface area contributed by atoms with Crippen molar-refractivity contribution >= 4 is 34.6 Å². The van der Waals surface area contributed by atoms with Gasteiger partial charge >= 0.3 is 6.03 Å². The molecule has 0 spiro atoms. The van der Waals surface area contributed by atoms with Crippen LogP contribution < -0.4 is 16.2 Å². The minimum absolute atomic E-state index is 0.119. The fraction of sp³-hybridized carbons (Fsp3) is 0.474. The molecular weight excluding hydrogens is 380 g/mol. The second-order valence-corrected chi connectivity index (χ2v) is 7.78. The molecule has 1 unspecified atom stereocenters. The lowest BCUT2D eigenvalue weighted by atomic mass is 10.2. The monoisotopic (exact) mass is 406 g/mol. The minimum Gasteiger partial charge on any atom is -0.379 e. The molecule has 3 amide bonds. The van der Waals surface area contributed by atoms with Crippen LogP contribution in [0.3, 0.4) is 0 Å². The van der Waals surface area contributed by atoms with Crippen molar-refractivity contribution in [3.8, 4) is 0 Å². The number of hydrogen-bond donors (Lipinski definition) is 2. The number of thioether (sulfide) groups is 1. The Morgan fingerprint density at radius 2 is 1.96 bits per heavy atom. The Morgan fingerprint density at radius 3 is 2.64 bits per heavy atom. The Hall–Kier alpha value is -2.39. The number of para-hydroxylation sites is 1. The van der Waals surface area contributed by atoms with E-state index in [2.05, 4.69) is 15.6 Å². The number of hydrogen-bond acceptors (Lipinski definition) is 6. The summed E-state index contributed by atoms with van der Waals surface area (Å²) in [5.74, 6) is -0.457. The van der Waals surface area contributed by atoms with Gasteiger partial charge in [0.15, 0.2) is 5.16 Å². The zero-order valence-corrected chi connectivity index (χ0v) is 17.3. The molecule has 0 aliphatic heterocycles. The first kappa shape index (κ1) is 21.9. The molecule has 1 atom stereocenters. The van der Waals surface area contributed by atoms with Crippen LogP contribution in [0.1, 0.15) is 27.2 Å². The quantitative estimate of drug-likeness (QED) is 0.396. The molecule has 0 aliphatic rings. The first-order chi connectivity index (χ1) is 13.3. The van der Waals surface area contributed by atoms with Crippen LogP contribution in [0.4, 0.5) is 4.79 Å². The molecule has 0 saturated heterocycles. The van der Waals surface area contributed by atoms with E-state index in [0.717, 1.165) is 11.8 Å². The molecule has 9 heteroatoms. The minimum atomic E-state index is -0.608. The number of benzene rings is 1. The van der Waals surface area contributed by atoms with Crippen molar-refractivity contribution in [1.82, 2.24) is 20.2 Å². The largest absolute Gasteiger partial charge is 0.379 e. The lowest BCUT2D eigenvalue weighted by Gasteiger charge is -2.16. The van der Waals surface area contributed by atoms with E-state index in [1.165, 1.54) is 7.05 Å². The molecule has 0 saturated carbocycles. The molecule has 2 rings (SSSR count). The molecule has 1 heterocycles. The third-order valence-electron chi connectivity index (χ3n) is 3.92. The van der Waals surface area contributed by atoms with Gasteiger partial charge in [-0.2, -0.15) is 0 Å². The molecule has 1 aromatic heterocycles. The summed E-state index contributed by atoms with van der Waals surface area (Å²) in [6, 6.07) is 6.53. The zero-order valence-electron chi connectivity index (χ0n) is 16.5. The van der Waals surface area contributed by atoms with Gasteiger partial charge in [-0.3, -0.25) is 19.5 Å². The van der Waals surface area contributed by atoms with Crippen LogP contribution in [0.2, 0.25) is 0 Å². The average molecular weight is 407 g/mol. The van der Waals surface area contributed by atoms with Crippen molar-refractivity contribution in [3.63, 3.8) is 0 Å². The van der Waals surface area contributed by atoms with E-state index in [1.807, 2.05) is 19.9 Å². The second-order valence-electron chi connectivity index (χ2n) is 6.47. The van der Waals surface area contributed by atoms with Crippen molar-refractivity contribution in [2.75, 3.05) is 13.7 Å². The van der Waals surface area contributed by atoms with Crippen molar-refractivity contribution < 1.29 is 14.3 Å². The molecule has 152 valence electrons. The SMILES string of the molecule is CNC(=O)NC(=O)C(C)Sc1nc2ccccc2c(=O)n1CCCOC(C)C. The van der Waals surface area contributed by atoms with E-state index in [9.17, 15) is 14.4 Å². The molecular formula is C19H26N4O4S. The number of rotatable bonds is 8. The van der Waals surface area contributed by atoms with Crippen molar-refractivity contribution in [2.24, 2.45) is 0 Å². The van der Waals surface area contributed by atoms with Crippen LogP contribution in [0.15, 0.2) is 34.2 Å². The van der Waals surface area contributed by atoms with Crippen LogP contribution in [-0.2, 0) is 16.1 Å². The van der Waals surface area contributed by atoms with Gasteiger partial charge < -0.3 is 10.1 Å². The van der Waals surface area contributed by atoms with E-state index in [0.29, 0.717) is 35.6 Å². The summed E-state index contributed by atoms with van der Waals surface area (Å²) in [5.41, 5.74) is 0.417. The van der Waals surface area contributed by atoms with Gasteiger partial charge in [-0.05, 0) is 39.3 Å². The van der Waals surface area contributed by atoms with Crippen molar-refractivity contribution in [1.29, 1.82) is 0 Å². The number of urea groups is 1. The lowest BCUT2D eigenvalue weighted by Crippen LogP contribution is -2.41. The van der Waals surface area contributed by atoms with E-state index >= 15 is 0 Å². The van der Waals surface area contributed by atoms with Crippen LogP contribution >= 0.6 is 11.8 Å². The Balaban J connectivity index is 2.28. The maximum atomic E-state index is 13.0. The molecule has 0 bridgehead atoms. The highest BCUT2D eigenvalue weighted by Crippen LogP contribution is 2.23. The van der Waals surface area contributed by atoms with Gasteiger partial charge in [0, 0.05) is 20.2 Å². The summed E-state index contributed by atoms with van der Waals surface area (Å²) in [7, 11) is 1.43. The fourth-order valence-corrected chi connectivity index (χ4v) is 3.40. The van der Waals surface area contributed by atoms with Crippen LogP contribution in [0.25, 0.3) is 10.9 Å². The summed E-state index contributed by atoms with van der Waals surface area (Å²) in [4.78, 5) is 41.1. The predicted molar refractivity (Wildman–Crippen MR) is 110 cm³/mol. The Kier molecular flexibility index (Phi) is 8.01. The van der Waals surface area contributed by atoms with E-state index in [1.54, 1.807) is 29.7 Å². The van der Waals surface area contributed by atoms with Crippen LogP contribution in [0.5, 0.6) is 0 Å². The number of nitrogens with zero attached hydrogens (tertiary/aromatic N) is 2. The van der Waals surface area contributed by atoms with Crippen molar-refractivity contribution in [3.05, 3.63) is 34.6 Å². The van der Waals surface area contributed by atoms with E-state index in [4.69, 9.17) is 4.74 Å². The Morgan fingerprint density at radius 1 is 1.25 bits per heavy atom. The first-order valence-electron chi connectivity index (χ1n) is 9.14. The number of aromatic nitrogens is 2. The number of imide groups is 1. The second kappa shape index (κ2) is 10.2. The number of fused-ring (bicyclic) bond motifs is 1. The number of carbonyl (C=O) groups excluding carboxylic acids is 2. The number of ether oxygens (including phenoxy) is 1. The Labute approximate surface area is 168 Å². The molecule has 1 aromatic carbocycles. The fourth-order valence-electron chi connectivity index (χ4n) is 2.46. The van der Waals surface area contributed by atoms with Crippen molar-refractivity contribution in [2.45, 2.75) is 50.2 Å². The van der Waals surface area contributed by atoms with E-state index in [-0.39, 0.29) is 11.7 Å². The highest BCUT2D eigenvalue weighted by molar-refractivity contribution is 8.00. The number of nitrogens with one attached hydrogen (secondary N) is 2. The third kappa shape index (κ3) is 5.80. The average Bonchev–Trinajstić information content (AvgIpc) is 2.66. The Bertz CT molecular complexity index is 897. The zero-order chi connectivity index (χ0) is 20.7. The molecule has 28 heavy (non-hydrogen) atoms. The highest BCUT2D eigenvalue weighted by atomic mass is 32.2. The third-order valence-corrected chi connectivity index (χ3v) is 5.01. The van der Waals surface area contributed by atoms with Gasteiger partial charge in [0.1, 0.15) is 0 Å². The summed E-state index contributed by atoms with van der Waals surface area (Å²) >= 11 is 1.14. The molecule has 0 aliphatic carbocycles. The van der Waals surface area contributed by atoms with Gasteiger partial charge in [-0.1, -0.05) is 23.9 Å². The van der Waals surface area contributed by atoms with E-state index < -0.39 is 17.2 Å². The first-order valence-corrected chi connectivity index (χ1v) is 10.0. The topological polar surface area (TPSA) is 102 Å². The molecule has 2 N–H and O–H groups in total. The van der Waals surface area contributed by atoms with Crippen LogP contribution in [-0.4, -0.2) is 46.5 Å². The molecule has 2 aromatic rings. The standard InChI is InChI=1S/C19H26N4O4S/c1-12(2)27-11-7-10-23-17(25)14-8-5-6-9-15(14)21-19(23)28-13(3)16(24)22-18(26)20-4/h5-6,8-9,12-13H,7,10-11H2,1-4H3,(H2,20,22,24,26). The molecule has 8 nitrogen and oxygen atoms in total. The van der Waals surface area contributed by atoms with Gasteiger partial charge in [0.25, 0.3) is 5.56 Å². The number of amides is 3. The van der Waals surface area contributed by atoms with Gasteiger partial charge in [-0.25, -0.2) is 9.78 Å². The lowest BCUT2D eigenvalue weighted by molar-refractivity contribution is -0.119. The van der Waals surface area contributed by atoms with Gasteiger partial charge in [-0.15, -0.1) is 0 Å². The predicted octanol–water partition coefficient (Wildman–Crippen LogP) is 2.15. The maximum Gasteiger partial charge on any atom is 0.321 e. The maximum absolute atomic E-state index is 13.0. The highest BCUT2D eigenvalue weighted by Gasteiger charge is 2.20. The molecule has 0 fully saturated rings. The summed E-state index contributed by atoms with van der Waals surface area (Å²) in [6.45, 7) is 6.52. The number of carbonyl (C=O) groups is 2. The van der Waals surface area contributed by atoms with Gasteiger partial charge in [0.05, 0.1) is 22.3 Å². The summed E-state index contributed by atoms with van der Waals surface area (Å²) in [5, 5.41) is 4.94.